The number of anilines is 1. The first-order valence-electron chi connectivity index (χ1n) is 17.0. The predicted octanol–water partition coefficient (Wildman–Crippen LogP) is 11.8. The molecule has 8 aromatic rings. The number of nitrogens with zero attached hydrogens (tertiary/aromatic N) is 6. The Labute approximate surface area is 296 Å². The van der Waals surface area contributed by atoms with Crippen molar-refractivity contribution >= 4 is 60.7 Å². The van der Waals surface area contributed by atoms with Crippen molar-refractivity contribution in [1.29, 1.82) is 5.26 Å². The quantitative estimate of drug-likeness (QED) is 0.178. The molecule has 0 saturated heterocycles. The Morgan fingerprint density at radius 3 is 1.55 bits per heavy atom. The molecule has 51 heavy (non-hydrogen) atoms. The van der Waals surface area contributed by atoms with Gasteiger partial charge in [-0.25, -0.2) is 9.69 Å². The molecule has 3 heterocycles. The summed E-state index contributed by atoms with van der Waals surface area (Å²) in [5.41, 5.74) is 7.55. The van der Waals surface area contributed by atoms with Gasteiger partial charge in [-0.15, -0.1) is 0 Å². The minimum absolute atomic E-state index is 0.202. The molecule has 1 aliphatic rings. The van der Waals surface area contributed by atoms with Crippen LogP contribution in [0.3, 0.4) is 0 Å². The fourth-order valence-electron chi connectivity index (χ4n) is 9.13. The fraction of sp³-hybridized carbons (Fsp3) is 0.133. The van der Waals surface area contributed by atoms with Gasteiger partial charge in [0.05, 0.1) is 57.5 Å². The third kappa shape index (κ3) is 3.89. The normalized spacial score (nSPS) is 14.5. The van der Waals surface area contributed by atoms with Gasteiger partial charge < -0.3 is 14.0 Å². The van der Waals surface area contributed by atoms with Crippen LogP contribution in [0.4, 0.5) is 17.1 Å². The smallest absolute Gasteiger partial charge is 0.219 e. The Balaban J connectivity index is 1.46. The van der Waals surface area contributed by atoms with Crippen LogP contribution in [0.15, 0.2) is 121 Å². The van der Waals surface area contributed by atoms with Crippen molar-refractivity contribution in [3.63, 3.8) is 0 Å². The molecule has 0 spiro atoms. The number of aromatic nitrogens is 2. The van der Waals surface area contributed by atoms with E-state index >= 15 is 0 Å². The van der Waals surface area contributed by atoms with Gasteiger partial charge in [0.15, 0.2) is 0 Å². The molecular weight excluding hydrogens is 625 g/mol. The molecule has 6 heteroatoms. The van der Waals surface area contributed by atoms with Crippen molar-refractivity contribution in [3.05, 3.63) is 161 Å². The van der Waals surface area contributed by atoms with E-state index in [2.05, 4.69) is 136 Å². The Morgan fingerprint density at radius 2 is 1.00 bits per heavy atom. The zero-order chi connectivity index (χ0) is 35.2. The Kier molecular flexibility index (Phi) is 6.29. The van der Waals surface area contributed by atoms with Crippen LogP contribution in [0.25, 0.3) is 64.7 Å². The van der Waals surface area contributed by atoms with E-state index in [1.54, 1.807) is 0 Å². The van der Waals surface area contributed by atoms with Gasteiger partial charge in [0.25, 0.3) is 0 Å². The molecule has 0 aliphatic carbocycles. The molecule has 0 N–H and O–H groups in total. The summed E-state index contributed by atoms with van der Waals surface area (Å²) in [7, 11) is 0. The molecule has 0 saturated carbocycles. The standard InChI is InChI=1S/C45H32N6/c1-44(2)39-34(27-46)43(42(48-6)41(47-5)40(39)45(3,4)51(44)29-19-11-8-12-20-29)50-36-24-16-14-22-31(36)33-25-37-32(26-38(33)50)30-21-13-15-23-35(30)49(37)28-17-9-7-10-18-28/h7-26H,1-4H3. The van der Waals surface area contributed by atoms with Crippen molar-refractivity contribution in [2.24, 2.45) is 0 Å². The lowest BCUT2D eigenvalue weighted by Crippen LogP contribution is -2.45. The summed E-state index contributed by atoms with van der Waals surface area (Å²) in [5.74, 6) is 0. The summed E-state index contributed by atoms with van der Waals surface area (Å²) < 4.78 is 4.38. The van der Waals surface area contributed by atoms with Crippen molar-refractivity contribution < 1.29 is 0 Å². The monoisotopic (exact) mass is 656 g/mol. The highest BCUT2D eigenvalue weighted by Crippen LogP contribution is 2.60. The van der Waals surface area contributed by atoms with E-state index in [4.69, 9.17) is 13.1 Å². The summed E-state index contributed by atoms with van der Waals surface area (Å²) in [5, 5.41) is 15.4. The van der Waals surface area contributed by atoms with Crippen LogP contribution < -0.4 is 4.90 Å². The fourth-order valence-corrected chi connectivity index (χ4v) is 9.13. The average Bonchev–Trinajstić information content (AvgIpc) is 3.70. The van der Waals surface area contributed by atoms with E-state index in [1.807, 2.05) is 42.5 Å². The van der Waals surface area contributed by atoms with Crippen LogP contribution in [0, 0.1) is 24.5 Å². The largest absolute Gasteiger partial charge is 0.354 e. The first-order chi connectivity index (χ1) is 24.7. The number of hydrogen-bond acceptors (Lipinski definition) is 2. The molecule has 6 aromatic carbocycles. The topological polar surface area (TPSA) is 45.6 Å². The van der Waals surface area contributed by atoms with Gasteiger partial charge in [0.1, 0.15) is 6.07 Å². The number of fused-ring (bicyclic) bond motifs is 7. The molecule has 0 fully saturated rings. The molecule has 0 radical (unpaired) electrons. The van der Waals surface area contributed by atoms with Gasteiger partial charge in [-0.3, -0.25) is 0 Å². The number of benzene rings is 6. The maximum atomic E-state index is 11.2. The van der Waals surface area contributed by atoms with Gasteiger partial charge >= 0.3 is 0 Å². The number of rotatable bonds is 3. The third-order valence-corrected chi connectivity index (χ3v) is 10.8. The lowest BCUT2D eigenvalue weighted by atomic mass is 9.84. The minimum atomic E-state index is -0.685. The number of para-hydroxylation sites is 4. The van der Waals surface area contributed by atoms with Crippen LogP contribution in [0.1, 0.15) is 44.4 Å². The second-order valence-electron chi connectivity index (χ2n) is 14.2. The van der Waals surface area contributed by atoms with E-state index in [1.165, 1.54) is 0 Å². The Morgan fingerprint density at radius 1 is 0.529 bits per heavy atom. The third-order valence-electron chi connectivity index (χ3n) is 10.8. The van der Waals surface area contributed by atoms with E-state index in [9.17, 15) is 5.26 Å². The molecule has 242 valence electrons. The van der Waals surface area contributed by atoms with Crippen molar-refractivity contribution in [2.45, 2.75) is 38.8 Å². The zero-order valence-corrected chi connectivity index (χ0v) is 28.7. The average molecular weight is 657 g/mol. The van der Waals surface area contributed by atoms with Gasteiger partial charge in [0, 0.05) is 32.9 Å². The molecule has 2 aromatic heterocycles. The van der Waals surface area contributed by atoms with E-state index < -0.39 is 11.1 Å². The van der Waals surface area contributed by atoms with Crippen LogP contribution in [-0.2, 0) is 11.1 Å². The van der Waals surface area contributed by atoms with Gasteiger partial charge in [0.2, 0.25) is 11.4 Å². The highest BCUT2D eigenvalue weighted by Gasteiger charge is 2.53. The lowest BCUT2D eigenvalue weighted by Gasteiger charge is -2.43. The second-order valence-corrected chi connectivity index (χ2v) is 14.2. The van der Waals surface area contributed by atoms with Gasteiger partial charge in [-0.2, -0.15) is 5.26 Å². The molecule has 1 aliphatic heterocycles. The maximum absolute atomic E-state index is 11.2. The lowest BCUT2D eigenvalue weighted by molar-refractivity contribution is 0.403. The molecular formula is C45H32N6. The first kappa shape index (κ1) is 30.3. The van der Waals surface area contributed by atoms with E-state index in [-0.39, 0.29) is 5.69 Å². The highest BCUT2D eigenvalue weighted by atomic mass is 15.3. The van der Waals surface area contributed by atoms with E-state index in [0.29, 0.717) is 16.9 Å². The van der Waals surface area contributed by atoms with Crippen molar-refractivity contribution in [2.75, 3.05) is 4.90 Å². The van der Waals surface area contributed by atoms with Crippen LogP contribution >= 0.6 is 0 Å². The number of nitriles is 1. The highest BCUT2D eigenvalue weighted by molar-refractivity contribution is 6.19. The summed E-state index contributed by atoms with van der Waals surface area (Å²) in [6.07, 6.45) is 0. The summed E-state index contributed by atoms with van der Waals surface area (Å²) in [6.45, 7) is 25.6. The van der Waals surface area contributed by atoms with Gasteiger partial charge in [-0.1, -0.05) is 72.8 Å². The molecule has 0 atom stereocenters. The molecule has 6 nitrogen and oxygen atoms in total. The summed E-state index contributed by atoms with van der Waals surface area (Å²) >= 11 is 0. The molecule has 9 rings (SSSR count). The number of hydrogen-bond donors (Lipinski definition) is 0. The van der Waals surface area contributed by atoms with Crippen molar-refractivity contribution in [1.82, 2.24) is 9.13 Å². The summed E-state index contributed by atoms with van der Waals surface area (Å²) in [6, 6.07) is 44.2. The van der Waals surface area contributed by atoms with Crippen molar-refractivity contribution in [3.8, 4) is 17.4 Å². The predicted molar refractivity (Wildman–Crippen MR) is 207 cm³/mol. The second kappa shape index (κ2) is 10.6. The minimum Gasteiger partial charge on any atom is -0.354 e. The molecule has 0 amide bonds. The summed E-state index contributed by atoms with van der Waals surface area (Å²) in [4.78, 5) is 10.5. The van der Waals surface area contributed by atoms with E-state index in [0.717, 1.165) is 66.1 Å². The van der Waals surface area contributed by atoms with Gasteiger partial charge in [-0.05, 0) is 87.4 Å². The first-order valence-corrected chi connectivity index (χ1v) is 17.0. The Bertz CT molecular complexity index is 2890. The van der Waals surface area contributed by atoms with Crippen LogP contribution in [0.2, 0.25) is 0 Å². The van der Waals surface area contributed by atoms with Crippen LogP contribution in [-0.4, -0.2) is 9.13 Å². The zero-order valence-electron chi connectivity index (χ0n) is 28.7. The Hall–Kier alpha value is -6.81. The van der Waals surface area contributed by atoms with Crippen LogP contribution in [0.5, 0.6) is 0 Å². The maximum Gasteiger partial charge on any atom is 0.219 e. The SMILES string of the molecule is [C-]#[N+]c1c([N+]#[C-])c2c(c(C#N)c1-n1c3ccccc3c3cc4c(cc31)c1ccccc1n4-c1ccccc1)C(C)(C)N(c1ccccc1)C2(C)C. The molecule has 0 unspecified atom stereocenters. The molecule has 0 bridgehead atoms.